The van der Waals surface area contributed by atoms with Gasteiger partial charge in [0.1, 0.15) is 9.84 Å². The Hall–Kier alpha value is -0.510. The molecule has 0 aliphatic carbocycles. The Labute approximate surface area is 74.3 Å². The molecule has 0 saturated carbocycles. The van der Waals surface area contributed by atoms with Crippen LogP contribution in [0.4, 0.5) is 0 Å². The summed E-state index contributed by atoms with van der Waals surface area (Å²) in [6.07, 6.45) is 3.64. The number of rotatable bonds is 5. The lowest BCUT2D eigenvalue weighted by molar-refractivity contribution is 0.214. The van der Waals surface area contributed by atoms with Crippen LogP contribution in [0.25, 0.3) is 0 Å². The van der Waals surface area contributed by atoms with Crippen LogP contribution in [0.5, 0.6) is 0 Å². The van der Waals surface area contributed by atoms with Crippen LogP contribution in [-0.4, -0.2) is 27.0 Å². The van der Waals surface area contributed by atoms with E-state index in [9.17, 15) is 8.42 Å². The minimum atomic E-state index is -2.83. The van der Waals surface area contributed by atoms with Crippen LogP contribution in [0.1, 0.15) is 20.3 Å². The van der Waals surface area contributed by atoms with Gasteiger partial charge >= 0.3 is 0 Å². The molecule has 12 heavy (non-hydrogen) atoms. The normalized spacial score (nSPS) is 13.1. The maximum absolute atomic E-state index is 10.7. The highest BCUT2D eigenvalue weighted by molar-refractivity contribution is 7.90. The zero-order valence-electron chi connectivity index (χ0n) is 7.83. The van der Waals surface area contributed by atoms with Gasteiger partial charge in [-0.05, 0) is 20.3 Å². The van der Waals surface area contributed by atoms with Crippen molar-refractivity contribution in [1.82, 2.24) is 0 Å². The molecule has 0 fully saturated rings. The van der Waals surface area contributed by atoms with Gasteiger partial charge in [-0.15, -0.1) is 0 Å². The largest absolute Gasteiger partial charge is 0.499 e. The summed E-state index contributed by atoms with van der Waals surface area (Å²) in [5.74, 6) is 1.03. The number of hydrogen-bond acceptors (Lipinski definition) is 3. The SMILES string of the molecule is CC=C(C)OCCCS(C)(=O)=O. The fraction of sp³-hybridized carbons (Fsp3) is 0.750. The fourth-order valence-electron chi connectivity index (χ4n) is 0.638. The quantitative estimate of drug-likeness (QED) is 0.488. The maximum atomic E-state index is 10.7. The van der Waals surface area contributed by atoms with E-state index in [2.05, 4.69) is 0 Å². The zero-order chi connectivity index (χ0) is 9.61. The number of sulfone groups is 1. The highest BCUT2D eigenvalue weighted by atomic mass is 32.2. The molecule has 0 aromatic heterocycles. The molecule has 0 amide bonds. The molecule has 72 valence electrons. The van der Waals surface area contributed by atoms with Gasteiger partial charge in [0, 0.05) is 6.26 Å². The monoisotopic (exact) mass is 192 g/mol. The molecule has 0 rings (SSSR count). The fourth-order valence-corrected chi connectivity index (χ4v) is 1.28. The summed E-state index contributed by atoms with van der Waals surface area (Å²) in [6, 6.07) is 0. The third-order valence-electron chi connectivity index (χ3n) is 1.40. The van der Waals surface area contributed by atoms with Gasteiger partial charge in [0.2, 0.25) is 0 Å². The molecule has 3 nitrogen and oxygen atoms in total. The third-order valence-corrected chi connectivity index (χ3v) is 2.43. The van der Waals surface area contributed by atoms with Crippen LogP contribution in [0, 0.1) is 0 Å². The minimum absolute atomic E-state index is 0.198. The van der Waals surface area contributed by atoms with E-state index in [-0.39, 0.29) is 5.75 Å². The zero-order valence-corrected chi connectivity index (χ0v) is 8.65. The van der Waals surface area contributed by atoms with Crippen molar-refractivity contribution in [3.8, 4) is 0 Å². The highest BCUT2D eigenvalue weighted by Gasteiger charge is 2.00. The van der Waals surface area contributed by atoms with E-state index < -0.39 is 9.84 Å². The Morgan fingerprint density at radius 2 is 2.08 bits per heavy atom. The van der Waals surface area contributed by atoms with Gasteiger partial charge in [-0.2, -0.15) is 0 Å². The Kier molecular flexibility index (Phi) is 4.97. The van der Waals surface area contributed by atoms with Crippen molar-refractivity contribution in [2.75, 3.05) is 18.6 Å². The van der Waals surface area contributed by atoms with Crippen molar-refractivity contribution < 1.29 is 13.2 Å². The average Bonchev–Trinajstić information content (AvgIpc) is 1.96. The average molecular weight is 192 g/mol. The summed E-state index contributed by atoms with van der Waals surface area (Å²) >= 11 is 0. The molecular formula is C8H16O3S. The molecule has 0 aliphatic rings. The molecule has 0 aromatic rings. The second kappa shape index (κ2) is 5.19. The van der Waals surface area contributed by atoms with E-state index >= 15 is 0 Å². The molecule has 0 unspecified atom stereocenters. The maximum Gasteiger partial charge on any atom is 0.147 e. The first-order chi connectivity index (χ1) is 5.45. The van der Waals surface area contributed by atoms with Crippen LogP contribution in [0.3, 0.4) is 0 Å². The lowest BCUT2D eigenvalue weighted by Crippen LogP contribution is -2.05. The lowest BCUT2D eigenvalue weighted by Gasteiger charge is -2.04. The van der Waals surface area contributed by atoms with Crippen LogP contribution in [0.2, 0.25) is 0 Å². The number of ether oxygens (including phenoxy) is 1. The summed E-state index contributed by atoms with van der Waals surface area (Å²) in [4.78, 5) is 0. The first-order valence-electron chi connectivity index (χ1n) is 3.89. The van der Waals surface area contributed by atoms with Crippen molar-refractivity contribution in [2.45, 2.75) is 20.3 Å². The standard InChI is InChI=1S/C8H16O3S/c1-4-8(2)11-6-5-7-12(3,9)10/h4H,5-7H2,1-3H3. The predicted molar refractivity (Wildman–Crippen MR) is 49.7 cm³/mol. The van der Waals surface area contributed by atoms with Crippen LogP contribution < -0.4 is 0 Å². The van der Waals surface area contributed by atoms with Crippen LogP contribution in [0.15, 0.2) is 11.8 Å². The molecule has 0 aromatic carbocycles. The van der Waals surface area contributed by atoms with Gasteiger partial charge in [0.15, 0.2) is 0 Å². The van der Waals surface area contributed by atoms with E-state index in [0.717, 1.165) is 5.76 Å². The van der Waals surface area contributed by atoms with E-state index in [4.69, 9.17) is 4.74 Å². The van der Waals surface area contributed by atoms with Crippen molar-refractivity contribution in [3.05, 3.63) is 11.8 Å². The first kappa shape index (κ1) is 11.5. The Bertz CT molecular complexity index is 239. The van der Waals surface area contributed by atoms with Crippen LogP contribution in [-0.2, 0) is 14.6 Å². The summed E-state index contributed by atoms with van der Waals surface area (Å²) in [6.45, 7) is 4.20. The molecule has 0 atom stereocenters. The summed E-state index contributed by atoms with van der Waals surface area (Å²) in [5.41, 5.74) is 0. The summed E-state index contributed by atoms with van der Waals surface area (Å²) in [5, 5.41) is 0. The van der Waals surface area contributed by atoms with E-state index in [1.807, 2.05) is 19.9 Å². The molecular weight excluding hydrogens is 176 g/mol. The van der Waals surface area contributed by atoms with Crippen LogP contribution >= 0.6 is 0 Å². The smallest absolute Gasteiger partial charge is 0.147 e. The van der Waals surface area contributed by atoms with Gasteiger partial charge < -0.3 is 4.74 Å². The highest BCUT2D eigenvalue weighted by Crippen LogP contribution is 1.97. The lowest BCUT2D eigenvalue weighted by atomic mass is 10.5. The Morgan fingerprint density at radius 1 is 1.50 bits per heavy atom. The molecule has 0 aliphatic heterocycles. The molecule has 0 bridgehead atoms. The van der Waals surface area contributed by atoms with Crippen molar-refractivity contribution in [2.24, 2.45) is 0 Å². The Morgan fingerprint density at radius 3 is 2.50 bits per heavy atom. The predicted octanol–water partition coefficient (Wildman–Crippen LogP) is 1.36. The molecule has 0 heterocycles. The first-order valence-corrected chi connectivity index (χ1v) is 5.95. The third kappa shape index (κ3) is 7.60. The van der Waals surface area contributed by atoms with Gasteiger partial charge in [-0.25, -0.2) is 8.42 Å². The molecule has 0 N–H and O–H groups in total. The van der Waals surface area contributed by atoms with E-state index in [1.54, 1.807) is 0 Å². The number of hydrogen-bond donors (Lipinski definition) is 0. The van der Waals surface area contributed by atoms with E-state index in [0.29, 0.717) is 13.0 Å². The molecule has 0 spiro atoms. The van der Waals surface area contributed by atoms with Gasteiger partial charge in [-0.3, -0.25) is 0 Å². The topological polar surface area (TPSA) is 43.4 Å². The Balaban J connectivity index is 3.47. The molecule has 0 saturated heterocycles. The summed E-state index contributed by atoms with van der Waals surface area (Å²) < 4.78 is 26.5. The minimum Gasteiger partial charge on any atom is -0.499 e. The molecule has 4 heteroatoms. The van der Waals surface area contributed by atoms with Crippen molar-refractivity contribution in [3.63, 3.8) is 0 Å². The summed E-state index contributed by atoms with van der Waals surface area (Å²) in [7, 11) is -2.83. The van der Waals surface area contributed by atoms with E-state index in [1.165, 1.54) is 6.26 Å². The number of allylic oxidation sites excluding steroid dienone is 2. The van der Waals surface area contributed by atoms with Gasteiger partial charge in [-0.1, -0.05) is 6.08 Å². The second-order valence-corrected chi connectivity index (χ2v) is 4.99. The van der Waals surface area contributed by atoms with Crippen molar-refractivity contribution in [1.29, 1.82) is 0 Å². The van der Waals surface area contributed by atoms with Crippen molar-refractivity contribution >= 4 is 9.84 Å². The molecule has 0 radical (unpaired) electrons. The van der Waals surface area contributed by atoms with Gasteiger partial charge in [0.25, 0.3) is 0 Å². The van der Waals surface area contributed by atoms with Gasteiger partial charge in [0.05, 0.1) is 18.1 Å². The second-order valence-electron chi connectivity index (χ2n) is 2.73.